The second kappa shape index (κ2) is 5.33. The zero-order valence-electron chi connectivity index (χ0n) is 11.4. The topological polar surface area (TPSA) is 72.2 Å². The molecule has 3 N–H and O–H groups in total. The lowest BCUT2D eigenvalue weighted by Gasteiger charge is -2.14. The van der Waals surface area contributed by atoms with Crippen molar-refractivity contribution in [2.24, 2.45) is 0 Å². The number of aryl methyl sites for hydroxylation is 2. The van der Waals surface area contributed by atoms with E-state index in [1.54, 1.807) is 32.0 Å². The van der Waals surface area contributed by atoms with Crippen molar-refractivity contribution in [1.82, 2.24) is 0 Å². The predicted molar refractivity (Wildman–Crippen MR) is 77.5 cm³/mol. The van der Waals surface area contributed by atoms with Gasteiger partial charge in [0.15, 0.2) is 11.6 Å². The van der Waals surface area contributed by atoms with Crippen molar-refractivity contribution >= 4 is 21.4 Å². The Morgan fingerprint density at radius 3 is 2.24 bits per heavy atom. The Bertz CT molecular complexity index is 785. The molecule has 0 unspecified atom stereocenters. The highest BCUT2D eigenvalue weighted by Gasteiger charge is 2.23. The molecule has 7 heteroatoms. The number of anilines is 2. The van der Waals surface area contributed by atoms with Crippen LogP contribution in [0.15, 0.2) is 35.2 Å². The Morgan fingerprint density at radius 1 is 1.10 bits per heavy atom. The number of hydrogen-bond acceptors (Lipinski definition) is 3. The highest BCUT2D eigenvalue weighted by Crippen LogP contribution is 2.26. The number of para-hydroxylation sites is 1. The average Bonchev–Trinajstić information content (AvgIpc) is 2.38. The van der Waals surface area contributed by atoms with Crippen LogP contribution in [0.25, 0.3) is 0 Å². The lowest BCUT2D eigenvalue weighted by molar-refractivity contribution is 0.486. The molecule has 0 aliphatic rings. The first-order chi connectivity index (χ1) is 9.72. The van der Waals surface area contributed by atoms with Crippen LogP contribution in [0.2, 0.25) is 0 Å². The van der Waals surface area contributed by atoms with Gasteiger partial charge in [0.25, 0.3) is 10.0 Å². The number of halogens is 2. The summed E-state index contributed by atoms with van der Waals surface area (Å²) in [6.45, 7) is 3.42. The van der Waals surface area contributed by atoms with E-state index >= 15 is 0 Å². The van der Waals surface area contributed by atoms with E-state index in [2.05, 4.69) is 4.72 Å². The van der Waals surface area contributed by atoms with E-state index in [4.69, 9.17) is 5.73 Å². The molecule has 0 spiro atoms. The van der Waals surface area contributed by atoms with Gasteiger partial charge >= 0.3 is 0 Å². The fraction of sp³-hybridized carbons (Fsp3) is 0.143. The van der Waals surface area contributed by atoms with Crippen LogP contribution in [-0.2, 0) is 10.0 Å². The molecule has 0 atom stereocenters. The van der Waals surface area contributed by atoms with Gasteiger partial charge in [-0.1, -0.05) is 18.2 Å². The maximum atomic E-state index is 13.7. The Morgan fingerprint density at radius 2 is 1.67 bits per heavy atom. The SMILES string of the molecule is Cc1cccc(C)c1NS(=O)(=O)c1cc(N)cc(F)c1F. The zero-order chi connectivity index (χ0) is 15.8. The molecular formula is C14H14F2N2O2S. The molecule has 0 radical (unpaired) electrons. The minimum atomic E-state index is -4.28. The largest absolute Gasteiger partial charge is 0.399 e. The van der Waals surface area contributed by atoms with Crippen molar-refractivity contribution in [3.63, 3.8) is 0 Å². The summed E-state index contributed by atoms with van der Waals surface area (Å²) in [7, 11) is -4.28. The van der Waals surface area contributed by atoms with Crippen molar-refractivity contribution in [2.45, 2.75) is 18.7 Å². The highest BCUT2D eigenvalue weighted by atomic mass is 32.2. The van der Waals surface area contributed by atoms with Crippen molar-refractivity contribution in [1.29, 1.82) is 0 Å². The van der Waals surface area contributed by atoms with Gasteiger partial charge < -0.3 is 5.73 Å². The maximum absolute atomic E-state index is 13.7. The first-order valence-corrected chi connectivity index (χ1v) is 7.54. The van der Waals surface area contributed by atoms with Crippen molar-refractivity contribution in [3.8, 4) is 0 Å². The third-order valence-corrected chi connectivity index (χ3v) is 4.37. The molecule has 0 amide bonds. The molecule has 0 fully saturated rings. The van der Waals surface area contributed by atoms with Gasteiger partial charge in [-0.2, -0.15) is 0 Å². The number of hydrogen-bond donors (Lipinski definition) is 2. The number of nitrogen functional groups attached to an aromatic ring is 1. The first kappa shape index (κ1) is 15.2. The third kappa shape index (κ3) is 2.97. The molecule has 21 heavy (non-hydrogen) atoms. The summed E-state index contributed by atoms with van der Waals surface area (Å²) in [5.41, 5.74) is 6.88. The van der Waals surface area contributed by atoms with Crippen LogP contribution in [-0.4, -0.2) is 8.42 Å². The molecule has 0 aromatic heterocycles. The fourth-order valence-electron chi connectivity index (χ4n) is 1.94. The summed E-state index contributed by atoms with van der Waals surface area (Å²) in [4.78, 5) is -0.817. The molecule has 2 rings (SSSR count). The summed E-state index contributed by atoms with van der Waals surface area (Å²) in [6.07, 6.45) is 0. The van der Waals surface area contributed by atoms with Gasteiger partial charge in [-0.05, 0) is 37.1 Å². The molecule has 0 aliphatic heterocycles. The van der Waals surface area contributed by atoms with Gasteiger partial charge in [0, 0.05) is 5.69 Å². The first-order valence-electron chi connectivity index (χ1n) is 6.06. The van der Waals surface area contributed by atoms with E-state index in [-0.39, 0.29) is 5.69 Å². The second-order valence-corrected chi connectivity index (χ2v) is 6.34. The van der Waals surface area contributed by atoms with Crippen LogP contribution in [0.4, 0.5) is 20.2 Å². The van der Waals surface area contributed by atoms with Gasteiger partial charge in [0.05, 0.1) is 5.69 Å². The van der Waals surface area contributed by atoms with Gasteiger partial charge in [0.1, 0.15) is 4.90 Å². The van der Waals surface area contributed by atoms with E-state index in [0.717, 1.165) is 12.1 Å². The Hall–Kier alpha value is -2.15. The summed E-state index contributed by atoms with van der Waals surface area (Å²) in [5.74, 6) is -2.76. The predicted octanol–water partition coefficient (Wildman–Crippen LogP) is 2.96. The lowest BCUT2D eigenvalue weighted by Crippen LogP contribution is -2.17. The van der Waals surface area contributed by atoms with Crippen LogP contribution < -0.4 is 10.5 Å². The van der Waals surface area contributed by atoms with E-state index < -0.39 is 26.6 Å². The molecule has 112 valence electrons. The molecule has 4 nitrogen and oxygen atoms in total. The Labute approximate surface area is 121 Å². The van der Waals surface area contributed by atoms with Crippen molar-refractivity contribution in [2.75, 3.05) is 10.5 Å². The highest BCUT2D eigenvalue weighted by molar-refractivity contribution is 7.92. The number of sulfonamides is 1. The van der Waals surface area contributed by atoms with Crippen LogP contribution in [0.5, 0.6) is 0 Å². The molecular weight excluding hydrogens is 298 g/mol. The zero-order valence-corrected chi connectivity index (χ0v) is 12.3. The molecule has 0 aliphatic carbocycles. The van der Waals surface area contributed by atoms with Crippen molar-refractivity contribution < 1.29 is 17.2 Å². The summed E-state index contributed by atoms with van der Waals surface area (Å²) in [6, 6.07) is 6.80. The summed E-state index contributed by atoms with van der Waals surface area (Å²) >= 11 is 0. The molecule has 0 bridgehead atoms. The van der Waals surface area contributed by atoms with Crippen LogP contribution in [0, 0.1) is 25.5 Å². The fourth-order valence-corrected chi connectivity index (χ4v) is 3.27. The number of benzene rings is 2. The standard InChI is InChI=1S/C14H14F2N2O2S/c1-8-4-3-5-9(2)14(8)18-21(19,20)12-7-10(17)6-11(15)13(12)16/h3-7,18H,17H2,1-2H3. The van der Waals surface area contributed by atoms with Gasteiger partial charge in [0.2, 0.25) is 0 Å². The molecule has 2 aromatic carbocycles. The van der Waals surface area contributed by atoms with Crippen LogP contribution in [0.3, 0.4) is 0 Å². The van der Waals surface area contributed by atoms with Crippen LogP contribution >= 0.6 is 0 Å². The smallest absolute Gasteiger partial charge is 0.265 e. The Kier molecular flexibility index (Phi) is 3.87. The lowest BCUT2D eigenvalue weighted by atomic mass is 10.1. The monoisotopic (exact) mass is 312 g/mol. The average molecular weight is 312 g/mol. The van der Waals surface area contributed by atoms with Crippen LogP contribution in [0.1, 0.15) is 11.1 Å². The third-order valence-electron chi connectivity index (χ3n) is 3.02. The maximum Gasteiger partial charge on any atom is 0.265 e. The number of rotatable bonds is 3. The van der Waals surface area contributed by atoms with E-state index in [1.807, 2.05) is 0 Å². The van der Waals surface area contributed by atoms with Gasteiger partial charge in [-0.25, -0.2) is 17.2 Å². The normalized spacial score (nSPS) is 11.4. The van der Waals surface area contributed by atoms with Gasteiger partial charge in [-0.15, -0.1) is 0 Å². The number of nitrogens with two attached hydrogens (primary N) is 1. The Balaban J connectivity index is 2.54. The number of nitrogens with one attached hydrogen (secondary N) is 1. The molecule has 0 saturated carbocycles. The van der Waals surface area contributed by atoms with Gasteiger partial charge in [-0.3, -0.25) is 4.72 Å². The van der Waals surface area contributed by atoms with E-state index in [9.17, 15) is 17.2 Å². The minimum absolute atomic E-state index is 0.171. The summed E-state index contributed by atoms with van der Waals surface area (Å²) < 4.78 is 53.8. The molecule has 0 heterocycles. The molecule has 0 saturated heterocycles. The van der Waals surface area contributed by atoms with E-state index in [1.165, 1.54) is 0 Å². The quantitative estimate of drug-likeness (QED) is 0.856. The minimum Gasteiger partial charge on any atom is -0.399 e. The summed E-state index contributed by atoms with van der Waals surface area (Å²) in [5, 5.41) is 0. The second-order valence-electron chi connectivity index (χ2n) is 4.69. The van der Waals surface area contributed by atoms with Crippen molar-refractivity contribution in [3.05, 3.63) is 53.1 Å². The van der Waals surface area contributed by atoms with E-state index in [0.29, 0.717) is 16.8 Å². The molecule has 2 aromatic rings.